The maximum atomic E-state index is 4.07. The molecule has 1 aliphatic rings. The minimum atomic E-state index is 0.462. The molecule has 1 aromatic heterocycles. The van der Waals surface area contributed by atoms with E-state index in [1.165, 1.54) is 31.5 Å². The molecule has 1 saturated heterocycles. The first kappa shape index (κ1) is 12.3. The van der Waals surface area contributed by atoms with Crippen LogP contribution >= 0.6 is 0 Å². The molecule has 1 atom stereocenters. The second-order valence-electron chi connectivity index (χ2n) is 5.17. The van der Waals surface area contributed by atoms with Gasteiger partial charge in [-0.3, -0.25) is 4.90 Å². The standard InChI is InChI=1S/C14H19N5/c1-11(19-8-3-4-9-19)12-6-5-7-13(10-12)14-15-16-17-18(14)2/h5-7,10-11H,3-4,8-9H2,1-2H3/t11-/m1/s1. The summed E-state index contributed by atoms with van der Waals surface area (Å²) in [5.74, 6) is 0.815. The molecule has 0 N–H and O–H groups in total. The number of aromatic nitrogens is 4. The van der Waals surface area contributed by atoms with Gasteiger partial charge in [-0.1, -0.05) is 18.2 Å². The van der Waals surface area contributed by atoms with Gasteiger partial charge in [0.2, 0.25) is 0 Å². The number of hydrogen-bond donors (Lipinski definition) is 0. The first-order chi connectivity index (χ1) is 9.25. The summed E-state index contributed by atoms with van der Waals surface area (Å²) in [7, 11) is 1.87. The van der Waals surface area contributed by atoms with Crippen molar-refractivity contribution in [2.45, 2.75) is 25.8 Å². The lowest BCUT2D eigenvalue weighted by atomic mass is 10.0. The third-order valence-electron chi connectivity index (χ3n) is 3.94. The number of rotatable bonds is 3. The number of aryl methyl sites for hydroxylation is 1. The van der Waals surface area contributed by atoms with Crippen molar-refractivity contribution in [3.63, 3.8) is 0 Å². The Morgan fingerprint density at radius 1 is 1.21 bits per heavy atom. The minimum Gasteiger partial charge on any atom is -0.297 e. The van der Waals surface area contributed by atoms with Crippen molar-refractivity contribution in [2.24, 2.45) is 7.05 Å². The second kappa shape index (κ2) is 5.09. The summed E-state index contributed by atoms with van der Waals surface area (Å²) in [5, 5.41) is 11.7. The molecule has 19 heavy (non-hydrogen) atoms. The highest BCUT2D eigenvalue weighted by atomic mass is 15.5. The number of hydrogen-bond acceptors (Lipinski definition) is 4. The molecule has 0 radical (unpaired) electrons. The van der Waals surface area contributed by atoms with Gasteiger partial charge in [-0.25, -0.2) is 4.68 Å². The highest BCUT2D eigenvalue weighted by Gasteiger charge is 2.20. The third-order valence-corrected chi connectivity index (χ3v) is 3.94. The van der Waals surface area contributed by atoms with E-state index in [0.29, 0.717) is 6.04 Å². The summed E-state index contributed by atoms with van der Waals surface area (Å²) < 4.78 is 1.71. The lowest BCUT2D eigenvalue weighted by Gasteiger charge is -2.24. The maximum Gasteiger partial charge on any atom is 0.181 e. The molecule has 1 fully saturated rings. The number of nitrogens with zero attached hydrogens (tertiary/aromatic N) is 5. The van der Waals surface area contributed by atoms with Gasteiger partial charge in [0.15, 0.2) is 5.82 Å². The fraction of sp³-hybridized carbons (Fsp3) is 0.500. The smallest absolute Gasteiger partial charge is 0.181 e. The predicted octanol–water partition coefficient (Wildman–Crippen LogP) is 2.03. The Hall–Kier alpha value is -1.75. The first-order valence-corrected chi connectivity index (χ1v) is 6.82. The Morgan fingerprint density at radius 3 is 2.68 bits per heavy atom. The lowest BCUT2D eigenvalue weighted by molar-refractivity contribution is 0.263. The van der Waals surface area contributed by atoms with Gasteiger partial charge >= 0.3 is 0 Å². The molecule has 0 amide bonds. The molecule has 3 rings (SSSR count). The van der Waals surface area contributed by atoms with Crippen LogP contribution in [0.1, 0.15) is 31.4 Å². The van der Waals surface area contributed by atoms with Gasteiger partial charge in [0.1, 0.15) is 0 Å². The van der Waals surface area contributed by atoms with E-state index in [1.54, 1.807) is 4.68 Å². The van der Waals surface area contributed by atoms with Crippen LogP contribution in [-0.4, -0.2) is 38.2 Å². The largest absolute Gasteiger partial charge is 0.297 e. The van der Waals surface area contributed by atoms with Gasteiger partial charge in [-0.2, -0.15) is 0 Å². The van der Waals surface area contributed by atoms with Gasteiger partial charge in [-0.05, 0) is 54.9 Å². The average Bonchev–Trinajstić information content (AvgIpc) is 3.09. The van der Waals surface area contributed by atoms with Crippen molar-refractivity contribution >= 4 is 0 Å². The molecule has 0 saturated carbocycles. The van der Waals surface area contributed by atoms with Crippen LogP contribution < -0.4 is 0 Å². The molecular formula is C14H19N5. The molecule has 2 aromatic rings. The Bertz CT molecular complexity index is 556. The monoisotopic (exact) mass is 257 g/mol. The highest BCUT2D eigenvalue weighted by Crippen LogP contribution is 2.27. The Morgan fingerprint density at radius 2 is 2.00 bits per heavy atom. The van der Waals surface area contributed by atoms with E-state index in [4.69, 9.17) is 0 Å². The quantitative estimate of drug-likeness (QED) is 0.844. The number of benzene rings is 1. The lowest BCUT2D eigenvalue weighted by Crippen LogP contribution is -2.23. The van der Waals surface area contributed by atoms with Crippen molar-refractivity contribution in [1.29, 1.82) is 0 Å². The van der Waals surface area contributed by atoms with Crippen molar-refractivity contribution in [1.82, 2.24) is 25.1 Å². The summed E-state index contributed by atoms with van der Waals surface area (Å²) in [5.41, 5.74) is 2.42. The van der Waals surface area contributed by atoms with E-state index in [2.05, 4.69) is 51.6 Å². The third kappa shape index (κ3) is 2.38. The van der Waals surface area contributed by atoms with Gasteiger partial charge in [-0.15, -0.1) is 5.10 Å². The van der Waals surface area contributed by atoms with E-state index in [0.717, 1.165) is 11.4 Å². The van der Waals surface area contributed by atoms with Crippen LogP contribution in [0.3, 0.4) is 0 Å². The summed E-state index contributed by atoms with van der Waals surface area (Å²) in [6.45, 7) is 4.69. The van der Waals surface area contributed by atoms with Crippen molar-refractivity contribution in [2.75, 3.05) is 13.1 Å². The molecule has 1 aliphatic heterocycles. The second-order valence-corrected chi connectivity index (χ2v) is 5.17. The maximum absolute atomic E-state index is 4.07. The molecule has 5 nitrogen and oxygen atoms in total. The Labute approximate surface area is 113 Å². The predicted molar refractivity (Wildman–Crippen MR) is 73.5 cm³/mol. The minimum absolute atomic E-state index is 0.462. The van der Waals surface area contributed by atoms with Crippen LogP contribution in [-0.2, 0) is 7.05 Å². The number of tetrazole rings is 1. The van der Waals surface area contributed by atoms with E-state index < -0.39 is 0 Å². The molecule has 0 aliphatic carbocycles. The van der Waals surface area contributed by atoms with E-state index >= 15 is 0 Å². The van der Waals surface area contributed by atoms with E-state index in [9.17, 15) is 0 Å². The highest BCUT2D eigenvalue weighted by molar-refractivity contribution is 5.55. The summed E-state index contributed by atoms with van der Waals surface area (Å²) in [6.07, 6.45) is 2.63. The van der Waals surface area contributed by atoms with Crippen LogP contribution in [0, 0.1) is 0 Å². The summed E-state index contributed by atoms with van der Waals surface area (Å²) in [6, 6.07) is 9.01. The number of likely N-dealkylation sites (tertiary alicyclic amines) is 1. The molecular weight excluding hydrogens is 238 g/mol. The zero-order valence-electron chi connectivity index (χ0n) is 11.5. The molecule has 0 bridgehead atoms. The fourth-order valence-corrected chi connectivity index (χ4v) is 2.75. The van der Waals surface area contributed by atoms with Crippen LogP contribution in [0.15, 0.2) is 24.3 Å². The average molecular weight is 257 g/mol. The zero-order valence-corrected chi connectivity index (χ0v) is 11.5. The topological polar surface area (TPSA) is 46.8 Å². The first-order valence-electron chi connectivity index (χ1n) is 6.82. The van der Waals surface area contributed by atoms with Crippen LogP contribution in [0.25, 0.3) is 11.4 Å². The van der Waals surface area contributed by atoms with Gasteiger partial charge in [0, 0.05) is 18.7 Å². The Balaban J connectivity index is 1.89. The van der Waals surface area contributed by atoms with Crippen molar-refractivity contribution in [3.8, 4) is 11.4 Å². The fourth-order valence-electron chi connectivity index (χ4n) is 2.75. The van der Waals surface area contributed by atoms with E-state index in [-0.39, 0.29) is 0 Å². The van der Waals surface area contributed by atoms with Crippen molar-refractivity contribution in [3.05, 3.63) is 29.8 Å². The van der Waals surface area contributed by atoms with E-state index in [1.807, 2.05) is 7.05 Å². The SMILES string of the molecule is C[C@H](c1cccc(-c2nnnn2C)c1)N1CCCC1. The van der Waals surface area contributed by atoms with Crippen molar-refractivity contribution < 1.29 is 0 Å². The van der Waals surface area contributed by atoms with Crippen LogP contribution in [0.5, 0.6) is 0 Å². The molecule has 5 heteroatoms. The van der Waals surface area contributed by atoms with Crippen LogP contribution in [0.2, 0.25) is 0 Å². The molecule has 0 spiro atoms. The molecule has 0 unspecified atom stereocenters. The zero-order chi connectivity index (χ0) is 13.2. The van der Waals surface area contributed by atoms with Gasteiger partial charge < -0.3 is 0 Å². The van der Waals surface area contributed by atoms with Crippen LogP contribution in [0.4, 0.5) is 0 Å². The summed E-state index contributed by atoms with van der Waals surface area (Å²) in [4.78, 5) is 2.54. The molecule has 100 valence electrons. The summed E-state index contributed by atoms with van der Waals surface area (Å²) >= 11 is 0. The normalized spacial score (nSPS) is 17.8. The molecule has 1 aromatic carbocycles. The molecule has 2 heterocycles. The van der Waals surface area contributed by atoms with Gasteiger partial charge in [0.25, 0.3) is 0 Å². The Kier molecular flexibility index (Phi) is 3.29. The van der Waals surface area contributed by atoms with Gasteiger partial charge in [0.05, 0.1) is 0 Å².